The third-order valence-electron chi connectivity index (χ3n) is 3.52. The Morgan fingerprint density at radius 1 is 1.16 bits per heavy atom. The van der Waals surface area contributed by atoms with Gasteiger partial charge in [0, 0.05) is 24.2 Å². The van der Waals surface area contributed by atoms with E-state index in [4.69, 9.17) is 23.2 Å². The number of carbonyl (C=O) groups excluding carboxylic acids is 2. The molecule has 0 atom stereocenters. The fourth-order valence-corrected chi connectivity index (χ4v) is 2.66. The van der Waals surface area contributed by atoms with Crippen molar-refractivity contribution >= 4 is 40.7 Å². The lowest BCUT2D eigenvalue weighted by atomic mass is 10.1. The highest BCUT2D eigenvalue weighted by atomic mass is 35.5. The summed E-state index contributed by atoms with van der Waals surface area (Å²) in [6, 6.07) is 11.2. The number of nitrogens with one attached hydrogen (secondary N) is 1. The zero-order valence-electron chi connectivity index (χ0n) is 13.6. The normalized spacial score (nSPS) is 10.4. The Bertz CT molecular complexity index is 783. The highest BCUT2D eigenvalue weighted by Crippen LogP contribution is 2.22. The standard InChI is InChI=1S/C18H17Cl2FN2O2/c1-12(24)23(15-5-6-17(21)16(20)10-15)11-18(25)22-8-7-13-3-2-4-14(19)9-13/h2-6,9-10H,7-8,11H2,1H3,(H,22,25). The first-order valence-corrected chi connectivity index (χ1v) is 8.36. The van der Waals surface area contributed by atoms with Gasteiger partial charge in [-0.25, -0.2) is 4.39 Å². The monoisotopic (exact) mass is 382 g/mol. The molecule has 4 nitrogen and oxygen atoms in total. The van der Waals surface area contributed by atoms with Gasteiger partial charge in [-0.05, 0) is 42.3 Å². The molecule has 0 saturated carbocycles. The average Bonchev–Trinajstić information content (AvgIpc) is 2.55. The number of rotatable bonds is 6. The van der Waals surface area contributed by atoms with Crippen molar-refractivity contribution in [3.63, 3.8) is 0 Å². The number of hydrogen-bond donors (Lipinski definition) is 1. The van der Waals surface area contributed by atoms with Gasteiger partial charge < -0.3 is 10.2 Å². The van der Waals surface area contributed by atoms with Crippen molar-refractivity contribution in [2.45, 2.75) is 13.3 Å². The van der Waals surface area contributed by atoms with Crippen LogP contribution in [0.5, 0.6) is 0 Å². The molecule has 0 bridgehead atoms. The molecule has 0 fully saturated rings. The van der Waals surface area contributed by atoms with Gasteiger partial charge in [0.05, 0.1) is 5.02 Å². The average molecular weight is 383 g/mol. The summed E-state index contributed by atoms with van der Waals surface area (Å²) in [4.78, 5) is 25.1. The molecular formula is C18H17Cl2FN2O2. The molecule has 7 heteroatoms. The summed E-state index contributed by atoms with van der Waals surface area (Å²) in [5.41, 5.74) is 1.37. The van der Waals surface area contributed by atoms with Crippen LogP contribution in [0.3, 0.4) is 0 Å². The lowest BCUT2D eigenvalue weighted by molar-refractivity contribution is -0.123. The molecule has 0 aliphatic rings. The van der Waals surface area contributed by atoms with Gasteiger partial charge in [-0.1, -0.05) is 35.3 Å². The molecule has 0 heterocycles. The molecule has 2 amide bonds. The van der Waals surface area contributed by atoms with Gasteiger partial charge in [0.15, 0.2) is 0 Å². The summed E-state index contributed by atoms with van der Waals surface area (Å²) in [6.07, 6.45) is 0.620. The van der Waals surface area contributed by atoms with Crippen LogP contribution in [0.2, 0.25) is 10.0 Å². The fraction of sp³-hybridized carbons (Fsp3) is 0.222. The van der Waals surface area contributed by atoms with Crippen molar-refractivity contribution in [1.82, 2.24) is 5.32 Å². The summed E-state index contributed by atoms with van der Waals surface area (Å²) in [5.74, 6) is -1.25. The predicted molar refractivity (Wildman–Crippen MR) is 97.6 cm³/mol. The number of amides is 2. The third-order valence-corrected chi connectivity index (χ3v) is 4.05. The Balaban J connectivity index is 1.93. The van der Waals surface area contributed by atoms with Gasteiger partial charge in [-0.15, -0.1) is 0 Å². The Labute approximate surface area is 155 Å². The van der Waals surface area contributed by atoms with Crippen molar-refractivity contribution in [3.05, 3.63) is 63.9 Å². The molecule has 25 heavy (non-hydrogen) atoms. The summed E-state index contributed by atoms with van der Waals surface area (Å²) in [6.45, 7) is 1.57. The number of benzene rings is 2. The van der Waals surface area contributed by atoms with Crippen LogP contribution in [0.15, 0.2) is 42.5 Å². The maximum absolute atomic E-state index is 13.3. The van der Waals surface area contributed by atoms with Crippen LogP contribution < -0.4 is 10.2 Å². The zero-order chi connectivity index (χ0) is 18.4. The van der Waals surface area contributed by atoms with E-state index in [1.807, 2.05) is 18.2 Å². The molecule has 0 unspecified atom stereocenters. The van der Waals surface area contributed by atoms with Crippen molar-refractivity contribution in [3.8, 4) is 0 Å². The molecule has 2 rings (SSSR count). The first-order chi connectivity index (χ1) is 11.9. The minimum absolute atomic E-state index is 0.106. The van der Waals surface area contributed by atoms with Crippen molar-refractivity contribution < 1.29 is 14.0 Å². The second-order valence-corrected chi connectivity index (χ2v) is 6.28. The molecule has 0 aliphatic carbocycles. The van der Waals surface area contributed by atoms with Crippen LogP contribution in [0.25, 0.3) is 0 Å². The third kappa shape index (κ3) is 5.73. The highest BCUT2D eigenvalue weighted by molar-refractivity contribution is 6.31. The van der Waals surface area contributed by atoms with Crippen LogP contribution in [0.1, 0.15) is 12.5 Å². The number of hydrogen-bond acceptors (Lipinski definition) is 2. The van der Waals surface area contributed by atoms with Crippen molar-refractivity contribution in [2.75, 3.05) is 18.0 Å². The fourth-order valence-electron chi connectivity index (χ4n) is 2.28. The highest BCUT2D eigenvalue weighted by Gasteiger charge is 2.16. The van der Waals surface area contributed by atoms with E-state index in [2.05, 4.69) is 5.32 Å². The van der Waals surface area contributed by atoms with Crippen LogP contribution >= 0.6 is 23.2 Å². The lowest BCUT2D eigenvalue weighted by Gasteiger charge is -2.21. The van der Waals surface area contributed by atoms with E-state index in [0.29, 0.717) is 23.7 Å². The number of anilines is 1. The molecule has 0 aromatic heterocycles. The van der Waals surface area contributed by atoms with Gasteiger partial charge in [0.25, 0.3) is 0 Å². The summed E-state index contributed by atoms with van der Waals surface area (Å²) in [5, 5.41) is 3.28. The van der Waals surface area contributed by atoms with Crippen LogP contribution in [0.4, 0.5) is 10.1 Å². The van der Waals surface area contributed by atoms with E-state index in [1.54, 1.807) is 6.07 Å². The molecule has 0 aliphatic heterocycles. The molecule has 132 valence electrons. The van der Waals surface area contributed by atoms with Gasteiger partial charge in [0.2, 0.25) is 11.8 Å². The zero-order valence-corrected chi connectivity index (χ0v) is 15.1. The SMILES string of the molecule is CC(=O)N(CC(=O)NCCc1cccc(Cl)c1)c1ccc(F)c(Cl)c1. The lowest BCUT2D eigenvalue weighted by Crippen LogP contribution is -2.40. The maximum atomic E-state index is 13.3. The predicted octanol–water partition coefficient (Wildman–Crippen LogP) is 3.84. The van der Waals surface area contributed by atoms with Crippen molar-refractivity contribution in [2.24, 2.45) is 0 Å². The second-order valence-electron chi connectivity index (χ2n) is 5.43. The van der Waals surface area contributed by atoms with E-state index >= 15 is 0 Å². The Hall–Kier alpha value is -2.11. The van der Waals surface area contributed by atoms with Crippen LogP contribution in [-0.4, -0.2) is 24.9 Å². The number of carbonyl (C=O) groups is 2. The number of nitrogens with zero attached hydrogens (tertiary/aromatic N) is 1. The summed E-state index contributed by atoms with van der Waals surface area (Å²) in [7, 11) is 0. The molecule has 0 spiro atoms. The first kappa shape index (κ1) is 19.2. The van der Waals surface area contributed by atoms with Gasteiger partial charge in [-0.2, -0.15) is 0 Å². The minimum Gasteiger partial charge on any atom is -0.354 e. The Morgan fingerprint density at radius 2 is 1.92 bits per heavy atom. The minimum atomic E-state index is -0.583. The van der Waals surface area contributed by atoms with Gasteiger partial charge in [-0.3, -0.25) is 9.59 Å². The Kier molecular flexibility index (Phi) is 6.79. The first-order valence-electron chi connectivity index (χ1n) is 7.61. The van der Waals surface area contributed by atoms with E-state index in [-0.39, 0.29) is 23.4 Å². The molecule has 1 N–H and O–H groups in total. The van der Waals surface area contributed by atoms with E-state index in [9.17, 15) is 14.0 Å². The van der Waals surface area contributed by atoms with E-state index in [0.717, 1.165) is 11.6 Å². The Morgan fingerprint density at radius 3 is 2.56 bits per heavy atom. The van der Waals surface area contributed by atoms with Gasteiger partial charge >= 0.3 is 0 Å². The van der Waals surface area contributed by atoms with Crippen LogP contribution in [0, 0.1) is 5.82 Å². The van der Waals surface area contributed by atoms with E-state index in [1.165, 1.54) is 24.0 Å². The molecule has 2 aromatic carbocycles. The summed E-state index contributed by atoms with van der Waals surface area (Å²) >= 11 is 11.7. The smallest absolute Gasteiger partial charge is 0.240 e. The largest absolute Gasteiger partial charge is 0.354 e. The number of halogens is 3. The maximum Gasteiger partial charge on any atom is 0.240 e. The quantitative estimate of drug-likeness (QED) is 0.824. The molecule has 0 radical (unpaired) electrons. The molecule has 2 aromatic rings. The van der Waals surface area contributed by atoms with Crippen LogP contribution in [-0.2, 0) is 16.0 Å². The topological polar surface area (TPSA) is 49.4 Å². The second kappa shape index (κ2) is 8.83. The molecular weight excluding hydrogens is 366 g/mol. The summed E-state index contributed by atoms with van der Waals surface area (Å²) < 4.78 is 13.3. The van der Waals surface area contributed by atoms with Gasteiger partial charge in [0.1, 0.15) is 12.4 Å². The van der Waals surface area contributed by atoms with E-state index < -0.39 is 5.82 Å². The molecule has 0 saturated heterocycles. The van der Waals surface area contributed by atoms with Crippen molar-refractivity contribution in [1.29, 1.82) is 0 Å².